The fourth-order valence-electron chi connectivity index (χ4n) is 8.30. The minimum Gasteiger partial charge on any atom is -0.456 e. The lowest BCUT2D eigenvalue weighted by molar-refractivity contribution is 0.669. The third-order valence-corrected chi connectivity index (χ3v) is 12.0. The van der Waals surface area contributed by atoms with Crippen molar-refractivity contribution < 1.29 is 4.42 Å². The van der Waals surface area contributed by atoms with E-state index in [9.17, 15) is 0 Å². The van der Waals surface area contributed by atoms with Crippen LogP contribution in [0.4, 0.5) is 17.1 Å². The van der Waals surface area contributed by atoms with Crippen LogP contribution in [-0.2, 0) is 0 Å². The number of hydrogen-bond donors (Lipinski definition) is 0. The van der Waals surface area contributed by atoms with Crippen molar-refractivity contribution in [2.45, 2.75) is 0 Å². The van der Waals surface area contributed by atoms with Gasteiger partial charge in [0.25, 0.3) is 0 Å². The third-order valence-electron chi connectivity index (χ3n) is 10.9. The van der Waals surface area contributed by atoms with Gasteiger partial charge in [0.1, 0.15) is 11.2 Å². The molecule has 0 fully saturated rings. The number of hydrogen-bond acceptors (Lipinski definition) is 3. The monoisotopic (exact) mass is 719 g/mol. The summed E-state index contributed by atoms with van der Waals surface area (Å²) in [7, 11) is 0. The van der Waals surface area contributed by atoms with E-state index < -0.39 is 0 Å². The predicted molar refractivity (Wildman–Crippen MR) is 235 cm³/mol. The molecule has 0 saturated carbocycles. The van der Waals surface area contributed by atoms with Gasteiger partial charge in [0.05, 0.1) is 0 Å². The van der Waals surface area contributed by atoms with Crippen molar-refractivity contribution in [1.29, 1.82) is 0 Å². The molecular formula is C52H33NOS. The summed E-state index contributed by atoms with van der Waals surface area (Å²) in [6.45, 7) is 0. The van der Waals surface area contributed by atoms with E-state index >= 15 is 0 Å². The summed E-state index contributed by atoms with van der Waals surface area (Å²) in [5.41, 5.74) is 12.1. The Hall–Kier alpha value is -6.94. The minimum absolute atomic E-state index is 0.862. The maximum Gasteiger partial charge on any atom is 0.137 e. The molecule has 0 atom stereocenters. The van der Waals surface area contributed by atoms with Crippen molar-refractivity contribution in [2.24, 2.45) is 0 Å². The van der Waals surface area contributed by atoms with Crippen LogP contribution in [0.15, 0.2) is 205 Å². The molecule has 11 rings (SSSR count). The third kappa shape index (κ3) is 5.32. The molecule has 55 heavy (non-hydrogen) atoms. The van der Waals surface area contributed by atoms with E-state index in [4.69, 9.17) is 4.42 Å². The summed E-state index contributed by atoms with van der Waals surface area (Å²) in [6.07, 6.45) is 0. The molecular weight excluding hydrogens is 687 g/mol. The molecule has 0 bridgehead atoms. The molecule has 9 aromatic carbocycles. The maximum atomic E-state index is 6.90. The molecule has 0 N–H and O–H groups in total. The van der Waals surface area contributed by atoms with E-state index in [1.807, 2.05) is 11.3 Å². The Labute approximate surface area is 322 Å². The fourth-order valence-corrected chi connectivity index (χ4v) is 9.44. The SMILES string of the molecule is c1ccc(-c2ccc(N(c3ccc(-c4ccccc4)cc3)c3ccc4c(c3)oc3cc(-c5cccc6sc7ccccc7c56)c5ccccc5c34)cc2)cc1. The van der Waals surface area contributed by atoms with Gasteiger partial charge in [-0.15, -0.1) is 11.3 Å². The topological polar surface area (TPSA) is 16.4 Å². The highest BCUT2D eigenvalue weighted by atomic mass is 32.1. The van der Waals surface area contributed by atoms with Crippen LogP contribution in [0.2, 0.25) is 0 Å². The Balaban J connectivity index is 1.08. The van der Waals surface area contributed by atoms with Crippen LogP contribution in [0.25, 0.3) is 86.3 Å². The minimum atomic E-state index is 0.862. The lowest BCUT2D eigenvalue weighted by Crippen LogP contribution is -2.09. The van der Waals surface area contributed by atoms with E-state index in [0.717, 1.165) is 39.0 Å². The molecule has 2 aromatic heterocycles. The molecule has 3 heteroatoms. The van der Waals surface area contributed by atoms with Gasteiger partial charge in [0.2, 0.25) is 0 Å². The average Bonchev–Trinajstić information content (AvgIpc) is 3.83. The van der Waals surface area contributed by atoms with Gasteiger partial charge in [-0.1, -0.05) is 140 Å². The maximum absolute atomic E-state index is 6.90. The Morgan fingerprint density at radius 1 is 0.327 bits per heavy atom. The highest BCUT2D eigenvalue weighted by molar-refractivity contribution is 7.25. The van der Waals surface area contributed by atoms with Crippen LogP contribution >= 0.6 is 11.3 Å². The van der Waals surface area contributed by atoms with Crippen molar-refractivity contribution in [3.8, 4) is 33.4 Å². The van der Waals surface area contributed by atoms with Crippen LogP contribution in [0.5, 0.6) is 0 Å². The van der Waals surface area contributed by atoms with E-state index in [1.165, 1.54) is 64.3 Å². The van der Waals surface area contributed by atoms with Gasteiger partial charge in [-0.05, 0) is 98.8 Å². The van der Waals surface area contributed by atoms with Crippen molar-refractivity contribution in [3.63, 3.8) is 0 Å². The van der Waals surface area contributed by atoms with Crippen LogP contribution in [0.3, 0.4) is 0 Å². The first-order valence-corrected chi connectivity index (χ1v) is 19.5. The van der Waals surface area contributed by atoms with Gasteiger partial charge in [-0.3, -0.25) is 0 Å². The van der Waals surface area contributed by atoms with Crippen molar-refractivity contribution in [1.82, 2.24) is 0 Å². The second kappa shape index (κ2) is 12.9. The van der Waals surface area contributed by atoms with Gasteiger partial charge >= 0.3 is 0 Å². The molecule has 0 aliphatic carbocycles. The molecule has 0 aliphatic heterocycles. The molecule has 258 valence electrons. The summed E-state index contributed by atoms with van der Waals surface area (Å²) >= 11 is 1.85. The number of rotatable bonds is 6. The van der Waals surface area contributed by atoms with Crippen LogP contribution in [0.1, 0.15) is 0 Å². The summed E-state index contributed by atoms with van der Waals surface area (Å²) in [4.78, 5) is 2.32. The smallest absolute Gasteiger partial charge is 0.137 e. The predicted octanol–water partition coefficient (Wildman–Crippen LogP) is 15.6. The summed E-state index contributed by atoms with van der Waals surface area (Å²) < 4.78 is 9.50. The number of anilines is 3. The number of benzene rings is 9. The van der Waals surface area contributed by atoms with Crippen molar-refractivity contribution >= 4 is 81.3 Å². The van der Waals surface area contributed by atoms with Gasteiger partial charge in [0, 0.05) is 54.1 Å². The van der Waals surface area contributed by atoms with Crippen LogP contribution in [-0.4, -0.2) is 0 Å². The first kappa shape index (κ1) is 31.6. The van der Waals surface area contributed by atoms with Crippen molar-refractivity contribution in [2.75, 3.05) is 4.90 Å². The Morgan fingerprint density at radius 3 is 1.55 bits per heavy atom. The highest BCUT2D eigenvalue weighted by Crippen LogP contribution is 2.46. The van der Waals surface area contributed by atoms with Crippen LogP contribution < -0.4 is 4.90 Å². The zero-order valence-electron chi connectivity index (χ0n) is 29.8. The zero-order chi connectivity index (χ0) is 36.3. The lowest BCUT2D eigenvalue weighted by Gasteiger charge is -2.26. The standard InChI is InChI=1S/C52H33NOS/c1-3-12-34(13-4-1)36-22-26-38(27-23-36)53(39-28-24-37(25-29-39)35-14-5-2-6-15-35)40-30-31-44-47(32-40)54-48-33-46(41-16-7-8-17-42(41)51(44)48)43-19-11-21-50-52(43)45-18-9-10-20-49(45)55-50/h1-33H. The quantitative estimate of drug-likeness (QED) is 0.170. The largest absolute Gasteiger partial charge is 0.456 e. The second-order valence-corrected chi connectivity index (χ2v) is 15.1. The second-order valence-electron chi connectivity index (χ2n) is 14.1. The summed E-state index contributed by atoms with van der Waals surface area (Å²) in [5, 5.41) is 7.28. The Kier molecular flexibility index (Phi) is 7.39. The van der Waals surface area contributed by atoms with Gasteiger partial charge in [0.15, 0.2) is 0 Å². The molecule has 0 spiro atoms. The number of thiophene rings is 1. The first-order valence-electron chi connectivity index (χ1n) is 18.7. The number of fused-ring (bicyclic) bond motifs is 8. The summed E-state index contributed by atoms with van der Waals surface area (Å²) in [5.74, 6) is 0. The number of nitrogens with zero attached hydrogens (tertiary/aromatic N) is 1. The van der Waals surface area contributed by atoms with Gasteiger partial charge < -0.3 is 9.32 Å². The molecule has 2 nitrogen and oxygen atoms in total. The molecule has 0 amide bonds. The normalized spacial score (nSPS) is 11.6. The van der Waals surface area contributed by atoms with Crippen LogP contribution in [0, 0.1) is 0 Å². The molecule has 11 aromatic rings. The van der Waals surface area contributed by atoms with E-state index in [-0.39, 0.29) is 0 Å². The molecule has 0 unspecified atom stereocenters. The lowest BCUT2D eigenvalue weighted by atomic mass is 9.92. The molecule has 2 heterocycles. The van der Waals surface area contributed by atoms with Gasteiger partial charge in [-0.2, -0.15) is 0 Å². The Morgan fingerprint density at radius 2 is 0.873 bits per heavy atom. The van der Waals surface area contributed by atoms with Crippen molar-refractivity contribution in [3.05, 3.63) is 200 Å². The van der Waals surface area contributed by atoms with E-state index in [0.29, 0.717) is 0 Å². The molecule has 0 aliphatic rings. The van der Waals surface area contributed by atoms with E-state index in [2.05, 4.69) is 205 Å². The van der Waals surface area contributed by atoms with Gasteiger partial charge in [-0.25, -0.2) is 0 Å². The summed E-state index contributed by atoms with van der Waals surface area (Å²) in [6, 6.07) is 71.9. The first-order chi connectivity index (χ1) is 27.3. The molecule has 0 saturated heterocycles. The van der Waals surface area contributed by atoms with E-state index in [1.54, 1.807) is 0 Å². The number of furan rings is 1. The molecule has 0 radical (unpaired) electrons. The average molecular weight is 720 g/mol. The fraction of sp³-hybridized carbons (Fsp3) is 0. The zero-order valence-corrected chi connectivity index (χ0v) is 30.6. The highest BCUT2D eigenvalue weighted by Gasteiger charge is 2.20. The Bertz CT molecular complexity index is 3090.